The first-order valence-corrected chi connectivity index (χ1v) is 9.13. The topological polar surface area (TPSA) is 84.9 Å². The van der Waals surface area contributed by atoms with Crippen LogP contribution in [-0.2, 0) is 6.42 Å². The summed E-state index contributed by atoms with van der Waals surface area (Å²) in [6, 6.07) is 13.5. The van der Waals surface area contributed by atoms with Crippen molar-refractivity contribution >= 4 is 11.6 Å². The molecule has 0 atom stereocenters. The fourth-order valence-corrected chi connectivity index (χ4v) is 3.76. The number of carbonyl (C=O) groups excluding carboxylic acids is 1. The van der Waals surface area contributed by atoms with Crippen LogP contribution >= 0.6 is 0 Å². The Morgan fingerprint density at radius 2 is 1.93 bits per heavy atom. The molecule has 3 N–H and O–H groups in total. The average molecular weight is 377 g/mol. The average Bonchev–Trinajstić information content (AvgIpc) is 2.67. The lowest BCUT2D eigenvalue weighted by Gasteiger charge is -2.30. The second-order valence-corrected chi connectivity index (χ2v) is 6.99. The van der Waals surface area contributed by atoms with Crippen LogP contribution in [0.1, 0.15) is 27.9 Å². The summed E-state index contributed by atoms with van der Waals surface area (Å²) >= 11 is 0. The lowest BCUT2D eigenvalue weighted by molar-refractivity contribution is -0.896. The Balaban J connectivity index is 1.74. The third kappa shape index (κ3) is 3.03. The zero-order valence-electron chi connectivity index (χ0n) is 15.5. The minimum atomic E-state index is -0.306. The SMILES string of the molecule is Cc1ccc[n+](O)c1-c1ccc2c(c1)CCCN2C(=O)c1ccc(O)cc1O. The number of fused-ring (bicyclic) bond motifs is 1. The van der Waals surface area contributed by atoms with Gasteiger partial charge in [-0.2, -0.15) is 0 Å². The fraction of sp³-hybridized carbons (Fsp3) is 0.182. The third-order valence-corrected chi connectivity index (χ3v) is 5.10. The van der Waals surface area contributed by atoms with Crippen LogP contribution in [0.5, 0.6) is 11.5 Å². The van der Waals surface area contributed by atoms with E-state index in [0.29, 0.717) is 12.2 Å². The summed E-state index contributed by atoms with van der Waals surface area (Å²) in [4.78, 5) is 14.7. The lowest BCUT2D eigenvalue weighted by atomic mass is 9.96. The number of anilines is 1. The molecule has 0 bridgehead atoms. The van der Waals surface area contributed by atoms with E-state index in [4.69, 9.17) is 0 Å². The second-order valence-electron chi connectivity index (χ2n) is 6.99. The predicted molar refractivity (Wildman–Crippen MR) is 104 cm³/mol. The van der Waals surface area contributed by atoms with E-state index in [9.17, 15) is 20.2 Å². The van der Waals surface area contributed by atoms with Gasteiger partial charge in [0.2, 0.25) is 6.20 Å². The third-order valence-electron chi connectivity index (χ3n) is 5.10. The van der Waals surface area contributed by atoms with Gasteiger partial charge in [0, 0.05) is 34.7 Å². The molecule has 0 fully saturated rings. The maximum atomic E-state index is 13.0. The van der Waals surface area contributed by atoms with Crippen LogP contribution in [0.2, 0.25) is 0 Å². The minimum Gasteiger partial charge on any atom is -0.508 e. The van der Waals surface area contributed by atoms with Gasteiger partial charge in [-0.15, -0.1) is 0 Å². The molecule has 0 unspecified atom stereocenters. The lowest BCUT2D eigenvalue weighted by Crippen LogP contribution is -2.36. The highest BCUT2D eigenvalue weighted by Gasteiger charge is 2.27. The summed E-state index contributed by atoms with van der Waals surface area (Å²) in [5.74, 6) is -0.637. The van der Waals surface area contributed by atoms with Gasteiger partial charge in [0.25, 0.3) is 11.6 Å². The summed E-state index contributed by atoms with van der Waals surface area (Å²) in [5.41, 5.74) is 4.50. The second kappa shape index (κ2) is 6.88. The number of aromatic nitrogens is 1. The van der Waals surface area contributed by atoms with Crippen molar-refractivity contribution in [3.8, 4) is 22.8 Å². The first-order chi connectivity index (χ1) is 13.5. The molecule has 2 aromatic carbocycles. The molecule has 1 aliphatic heterocycles. The Kier molecular flexibility index (Phi) is 4.39. The molecule has 0 aliphatic carbocycles. The molecule has 3 aromatic rings. The largest absolute Gasteiger partial charge is 0.508 e. The van der Waals surface area contributed by atoms with Crippen molar-refractivity contribution in [2.45, 2.75) is 19.8 Å². The van der Waals surface area contributed by atoms with E-state index >= 15 is 0 Å². The normalized spacial score (nSPS) is 13.2. The van der Waals surface area contributed by atoms with E-state index < -0.39 is 0 Å². The molecule has 1 aliphatic rings. The number of carbonyl (C=O) groups is 1. The highest BCUT2D eigenvalue weighted by atomic mass is 16.5. The number of phenols is 2. The molecule has 28 heavy (non-hydrogen) atoms. The highest BCUT2D eigenvalue weighted by Crippen LogP contribution is 2.34. The molecule has 0 radical (unpaired) electrons. The zero-order valence-corrected chi connectivity index (χ0v) is 15.5. The van der Waals surface area contributed by atoms with Crippen molar-refractivity contribution in [3.63, 3.8) is 0 Å². The molecule has 0 saturated heterocycles. The molecule has 6 heteroatoms. The zero-order chi connectivity index (χ0) is 19.8. The van der Waals surface area contributed by atoms with Gasteiger partial charge in [-0.1, -0.05) is 0 Å². The molecular weight excluding hydrogens is 356 g/mol. The first kappa shape index (κ1) is 17.9. The van der Waals surface area contributed by atoms with Gasteiger partial charge in [-0.3, -0.25) is 10.0 Å². The van der Waals surface area contributed by atoms with Gasteiger partial charge in [-0.05, 0) is 61.7 Å². The van der Waals surface area contributed by atoms with E-state index in [0.717, 1.165) is 39.9 Å². The van der Waals surface area contributed by atoms with Crippen molar-refractivity contribution in [2.24, 2.45) is 0 Å². The number of hydrogen-bond acceptors (Lipinski definition) is 4. The molecule has 2 heterocycles. The van der Waals surface area contributed by atoms with Gasteiger partial charge < -0.3 is 15.1 Å². The van der Waals surface area contributed by atoms with Gasteiger partial charge in [0.15, 0.2) is 0 Å². The maximum absolute atomic E-state index is 13.0. The number of pyridine rings is 1. The number of nitrogens with zero attached hydrogens (tertiary/aromatic N) is 2. The molecule has 0 spiro atoms. The molecule has 1 aromatic heterocycles. The molecule has 4 rings (SSSR count). The van der Waals surface area contributed by atoms with E-state index in [1.807, 2.05) is 31.2 Å². The monoisotopic (exact) mass is 377 g/mol. The summed E-state index contributed by atoms with van der Waals surface area (Å²) in [7, 11) is 0. The van der Waals surface area contributed by atoms with Crippen LogP contribution in [0.4, 0.5) is 5.69 Å². The van der Waals surface area contributed by atoms with Crippen molar-refractivity contribution in [2.75, 3.05) is 11.4 Å². The van der Waals surface area contributed by atoms with Crippen LogP contribution in [0.3, 0.4) is 0 Å². The number of hydrogen-bond donors (Lipinski definition) is 3. The number of amides is 1. The van der Waals surface area contributed by atoms with E-state index in [1.165, 1.54) is 18.2 Å². The first-order valence-electron chi connectivity index (χ1n) is 9.13. The maximum Gasteiger partial charge on any atom is 0.267 e. The standard InChI is InChI=1S/C22H20N2O4/c1-14-4-2-11-24(28)21(14)16-6-9-19-15(12-16)5-3-10-23(19)22(27)18-8-7-17(25)13-20(18)26/h2,4,6-9,11-13H,3,5,10H2,1H3,(H2-,25,26,27,28)/p+1. The Morgan fingerprint density at radius 3 is 2.68 bits per heavy atom. The smallest absolute Gasteiger partial charge is 0.267 e. The predicted octanol–water partition coefficient (Wildman–Crippen LogP) is 3.19. The van der Waals surface area contributed by atoms with Crippen LogP contribution in [0.15, 0.2) is 54.7 Å². The van der Waals surface area contributed by atoms with Crippen LogP contribution < -0.4 is 9.63 Å². The summed E-state index contributed by atoms with van der Waals surface area (Å²) in [5, 5.41) is 29.7. The molecular formula is C22H21N2O4+. The van der Waals surface area contributed by atoms with Gasteiger partial charge in [-0.25, -0.2) is 0 Å². The molecule has 0 saturated carbocycles. The van der Waals surface area contributed by atoms with Crippen molar-refractivity contribution in [1.29, 1.82) is 0 Å². The Hall–Kier alpha value is -3.54. The van der Waals surface area contributed by atoms with Crippen molar-refractivity contribution in [3.05, 3.63) is 71.4 Å². The fourth-order valence-electron chi connectivity index (χ4n) is 3.76. The Morgan fingerprint density at radius 1 is 1.11 bits per heavy atom. The Labute approximate surface area is 162 Å². The number of phenolic OH excluding ortho intramolecular Hbond substituents is 2. The van der Waals surface area contributed by atoms with Crippen molar-refractivity contribution < 1.29 is 24.9 Å². The molecule has 6 nitrogen and oxygen atoms in total. The summed E-state index contributed by atoms with van der Waals surface area (Å²) in [6.07, 6.45) is 3.21. The van der Waals surface area contributed by atoms with Crippen LogP contribution in [0.25, 0.3) is 11.3 Å². The van der Waals surface area contributed by atoms with Crippen molar-refractivity contribution in [1.82, 2.24) is 0 Å². The van der Waals surface area contributed by atoms with Gasteiger partial charge in [0.1, 0.15) is 11.5 Å². The van der Waals surface area contributed by atoms with E-state index in [-0.39, 0.29) is 23.0 Å². The van der Waals surface area contributed by atoms with Gasteiger partial charge >= 0.3 is 0 Å². The molecule has 142 valence electrons. The van der Waals surface area contributed by atoms with Crippen LogP contribution in [0, 0.1) is 6.92 Å². The number of rotatable bonds is 2. The van der Waals surface area contributed by atoms with Crippen LogP contribution in [-0.4, -0.2) is 27.9 Å². The highest BCUT2D eigenvalue weighted by molar-refractivity contribution is 6.08. The number of aromatic hydroxyl groups is 2. The summed E-state index contributed by atoms with van der Waals surface area (Å²) < 4.78 is 1.11. The van der Waals surface area contributed by atoms with E-state index in [2.05, 4.69) is 0 Å². The molecule has 1 amide bonds. The number of benzene rings is 2. The quantitative estimate of drug-likeness (QED) is 0.473. The van der Waals surface area contributed by atoms with Gasteiger partial charge in [0.05, 0.1) is 11.1 Å². The summed E-state index contributed by atoms with van der Waals surface area (Å²) in [6.45, 7) is 2.49. The number of aryl methyl sites for hydroxylation is 2. The Bertz CT molecular complexity index is 1060. The minimum absolute atomic E-state index is 0.0896. The van der Waals surface area contributed by atoms with E-state index in [1.54, 1.807) is 17.2 Å².